The Kier molecular flexibility index (Phi) is 2.68. The van der Waals surface area contributed by atoms with Gasteiger partial charge in [-0.1, -0.05) is 48.5 Å². The highest BCUT2D eigenvalue weighted by molar-refractivity contribution is 6.11. The van der Waals surface area contributed by atoms with Crippen LogP contribution in [0.1, 0.15) is 0 Å². The van der Waals surface area contributed by atoms with E-state index in [0.717, 1.165) is 32.8 Å². The van der Waals surface area contributed by atoms with Gasteiger partial charge in [-0.15, -0.1) is 0 Å². The maximum atomic E-state index is 13.4. The minimum atomic E-state index is -0.209. The Morgan fingerprint density at radius 2 is 1.52 bits per heavy atom. The lowest BCUT2D eigenvalue weighted by Crippen LogP contribution is -1.87. The third-order valence-electron chi connectivity index (χ3n) is 3.77. The summed E-state index contributed by atoms with van der Waals surface area (Å²) in [6.45, 7) is 0. The van der Waals surface area contributed by atoms with E-state index < -0.39 is 0 Å². The first-order valence-corrected chi connectivity index (χ1v) is 6.85. The SMILES string of the molecule is Fc1ccc2c(ccc3c(-c4ccccc4)nccc32)c1. The molecule has 0 amide bonds. The van der Waals surface area contributed by atoms with Crippen LogP contribution in [-0.4, -0.2) is 4.98 Å². The van der Waals surface area contributed by atoms with Gasteiger partial charge in [0.1, 0.15) is 5.82 Å². The molecule has 1 heterocycles. The highest BCUT2D eigenvalue weighted by Crippen LogP contribution is 2.31. The Morgan fingerprint density at radius 1 is 0.714 bits per heavy atom. The third kappa shape index (κ3) is 1.96. The molecule has 4 rings (SSSR count). The van der Waals surface area contributed by atoms with Crippen molar-refractivity contribution in [3.8, 4) is 11.3 Å². The van der Waals surface area contributed by atoms with Crippen LogP contribution in [0.4, 0.5) is 4.39 Å². The lowest BCUT2D eigenvalue weighted by atomic mass is 9.99. The quantitative estimate of drug-likeness (QED) is 0.435. The van der Waals surface area contributed by atoms with Crippen molar-refractivity contribution in [2.75, 3.05) is 0 Å². The van der Waals surface area contributed by atoms with Crippen molar-refractivity contribution >= 4 is 21.5 Å². The molecular formula is C19H12FN. The van der Waals surface area contributed by atoms with Gasteiger partial charge in [-0.2, -0.15) is 0 Å². The van der Waals surface area contributed by atoms with Crippen LogP contribution in [0.2, 0.25) is 0 Å². The average Bonchev–Trinajstić information content (AvgIpc) is 2.54. The van der Waals surface area contributed by atoms with Crippen LogP contribution in [0.3, 0.4) is 0 Å². The van der Waals surface area contributed by atoms with Crippen molar-refractivity contribution in [3.05, 3.63) is 78.7 Å². The number of benzene rings is 3. The van der Waals surface area contributed by atoms with Gasteiger partial charge in [0.25, 0.3) is 0 Å². The fraction of sp³-hybridized carbons (Fsp3) is 0. The summed E-state index contributed by atoms with van der Waals surface area (Å²) in [7, 11) is 0. The van der Waals surface area contributed by atoms with Crippen molar-refractivity contribution in [3.63, 3.8) is 0 Å². The second-order valence-corrected chi connectivity index (χ2v) is 5.05. The Hall–Kier alpha value is -2.74. The zero-order valence-corrected chi connectivity index (χ0v) is 11.3. The summed E-state index contributed by atoms with van der Waals surface area (Å²) < 4.78 is 13.4. The Labute approximate surface area is 121 Å². The van der Waals surface area contributed by atoms with E-state index in [4.69, 9.17) is 0 Å². The molecule has 1 aromatic heterocycles. The largest absolute Gasteiger partial charge is 0.256 e. The first-order valence-electron chi connectivity index (χ1n) is 6.85. The van der Waals surface area contributed by atoms with Gasteiger partial charge in [0.2, 0.25) is 0 Å². The third-order valence-corrected chi connectivity index (χ3v) is 3.77. The molecule has 3 aromatic carbocycles. The van der Waals surface area contributed by atoms with E-state index in [1.165, 1.54) is 6.07 Å². The first-order chi connectivity index (χ1) is 10.3. The molecule has 0 saturated carbocycles. The van der Waals surface area contributed by atoms with E-state index in [-0.39, 0.29) is 5.82 Å². The maximum absolute atomic E-state index is 13.4. The molecule has 0 saturated heterocycles. The molecule has 2 heteroatoms. The highest BCUT2D eigenvalue weighted by Gasteiger charge is 2.08. The molecule has 0 fully saturated rings. The summed E-state index contributed by atoms with van der Waals surface area (Å²) in [5.74, 6) is -0.209. The van der Waals surface area contributed by atoms with E-state index in [1.807, 2.05) is 48.7 Å². The number of pyridine rings is 1. The van der Waals surface area contributed by atoms with E-state index in [2.05, 4.69) is 17.1 Å². The maximum Gasteiger partial charge on any atom is 0.123 e. The van der Waals surface area contributed by atoms with E-state index in [9.17, 15) is 4.39 Å². The van der Waals surface area contributed by atoms with Crippen LogP contribution in [0.15, 0.2) is 72.9 Å². The van der Waals surface area contributed by atoms with Crippen LogP contribution in [0.5, 0.6) is 0 Å². The summed E-state index contributed by atoms with van der Waals surface area (Å²) in [6.07, 6.45) is 1.81. The molecule has 0 aliphatic rings. The normalized spacial score (nSPS) is 11.1. The average molecular weight is 273 g/mol. The monoisotopic (exact) mass is 273 g/mol. The smallest absolute Gasteiger partial charge is 0.123 e. The topological polar surface area (TPSA) is 12.9 Å². The number of fused-ring (bicyclic) bond motifs is 3. The molecule has 0 unspecified atom stereocenters. The van der Waals surface area contributed by atoms with Crippen LogP contribution in [-0.2, 0) is 0 Å². The molecule has 100 valence electrons. The van der Waals surface area contributed by atoms with Crippen LogP contribution in [0.25, 0.3) is 32.8 Å². The Bertz CT molecular complexity index is 945. The van der Waals surface area contributed by atoms with Gasteiger partial charge in [-0.25, -0.2) is 4.39 Å². The van der Waals surface area contributed by atoms with Crippen LogP contribution < -0.4 is 0 Å². The molecule has 0 aliphatic heterocycles. The van der Waals surface area contributed by atoms with E-state index in [1.54, 1.807) is 6.07 Å². The zero-order chi connectivity index (χ0) is 14.2. The van der Waals surface area contributed by atoms with Crippen molar-refractivity contribution in [2.45, 2.75) is 0 Å². The predicted octanol–water partition coefficient (Wildman–Crippen LogP) is 5.19. The Morgan fingerprint density at radius 3 is 2.38 bits per heavy atom. The molecular weight excluding hydrogens is 261 g/mol. The molecule has 4 aromatic rings. The number of rotatable bonds is 1. The van der Waals surface area contributed by atoms with Crippen LogP contribution in [0, 0.1) is 5.82 Å². The summed E-state index contributed by atoms with van der Waals surface area (Å²) in [4.78, 5) is 4.53. The predicted molar refractivity (Wildman–Crippen MR) is 84.6 cm³/mol. The van der Waals surface area contributed by atoms with Gasteiger partial charge in [0, 0.05) is 17.1 Å². The zero-order valence-electron chi connectivity index (χ0n) is 11.3. The minimum Gasteiger partial charge on any atom is -0.256 e. The van der Waals surface area contributed by atoms with Crippen LogP contribution >= 0.6 is 0 Å². The van der Waals surface area contributed by atoms with Crippen molar-refractivity contribution in [1.82, 2.24) is 4.98 Å². The minimum absolute atomic E-state index is 0.209. The molecule has 0 spiro atoms. The molecule has 0 bridgehead atoms. The molecule has 1 nitrogen and oxygen atoms in total. The second kappa shape index (κ2) is 4.67. The molecule has 0 N–H and O–H groups in total. The van der Waals surface area contributed by atoms with Gasteiger partial charge < -0.3 is 0 Å². The Balaban J connectivity index is 2.09. The van der Waals surface area contributed by atoms with Crippen molar-refractivity contribution < 1.29 is 4.39 Å². The van der Waals surface area contributed by atoms with Crippen molar-refractivity contribution in [1.29, 1.82) is 0 Å². The number of hydrogen-bond acceptors (Lipinski definition) is 1. The number of nitrogens with zero attached hydrogens (tertiary/aromatic N) is 1. The van der Waals surface area contributed by atoms with Gasteiger partial charge in [0.15, 0.2) is 0 Å². The summed E-state index contributed by atoms with van der Waals surface area (Å²) in [6, 6.07) is 21.0. The number of aromatic nitrogens is 1. The lowest BCUT2D eigenvalue weighted by Gasteiger charge is -2.08. The molecule has 0 radical (unpaired) electrons. The van der Waals surface area contributed by atoms with Gasteiger partial charge in [0.05, 0.1) is 5.69 Å². The number of hydrogen-bond donors (Lipinski definition) is 0. The molecule has 0 atom stereocenters. The van der Waals surface area contributed by atoms with Crippen molar-refractivity contribution in [2.24, 2.45) is 0 Å². The summed E-state index contributed by atoms with van der Waals surface area (Å²) in [5, 5.41) is 4.14. The van der Waals surface area contributed by atoms with Gasteiger partial charge in [-0.05, 0) is 34.4 Å². The van der Waals surface area contributed by atoms with E-state index >= 15 is 0 Å². The lowest BCUT2D eigenvalue weighted by molar-refractivity contribution is 0.630. The molecule has 21 heavy (non-hydrogen) atoms. The first kappa shape index (κ1) is 12.0. The van der Waals surface area contributed by atoms with Gasteiger partial charge in [-0.3, -0.25) is 4.98 Å². The van der Waals surface area contributed by atoms with Gasteiger partial charge >= 0.3 is 0 Å². The fourth-order valence-corrected chi connectivity index (χ4v) is 2.79. The summed E-state index contributed by atoms with van der Waals surface area (Å²) in [5.41, 5.74) is 2.05. The second-order valence-electron chi connectivity index (χ2n) is 5.05. The van der Waals surface area contributed by atoms with E-state index in [0.29, 0.717) is 0 Å². The standard InChI is InChI=1S/C19H12FN/c20-15-7-9-16-14(12-15)6-8-18-17(16)10-11-21-19(18)13-4-2-1-3-5-13/h1-12H. The summed E-state index contributed by atoms with van der Waals surface area (Å²) >= 11 is 0. The highest BCUT2D eigenvalue weighted by atomic mass is 19.1. The fourth-order valence-electron chi connectivity index (χ4n) is 2.79. The molecule has 0 aliphatic carbocycles. The number of halogens is 1.